The molecule has 0 unspecified atom stereocenters. The van der Waals surface area contributed by atoms with Crippen LogP contribution in [-0.2, 0) is 13.0 Å². The zero-order valence-electron chi connectivity index (χ0n) is 13.7. The van der Waals surface area contributed by atoms with Crippen LogP contribution in [0.1, 0.15) is 60.9 Å². The lowest BCUT2D eigenvalue weighted by Crippen LogP contribution is -2.28. The molecule has 8 heteroatoms. The predicted octanol–water partition coefficient (Wildman–Crippen LogP) is 1.51. The maximum Gasteiger partial charge on any atom is 0.278 e. The molecule has 3 heterocycles. The monoisotopic (exact) mass is 329 g/mol. The molecule has 1 aliphatic heterocycles. The lowest BCUT2D eigenvalue weighted by Gasteiger charge is -2.25. The van der Waals surface area contributed by atoms with Gasteiger partial charge in [0.05, 0.1) is 18.4 Å². The van der Waals surface area contributed by atoms with Gasteiger partial charge < -0.3 is 15.6 Å². The van der Waals surface area contributed by atoms with Gasteiger partial charge in [-0.05, 0) is 38.5 Å². The van der Waals surface area contributed by atoms with E-state index in [0.717, 1.165) is 63.1 Å². The molecule has 0 spiro atoms. The van der Waals surface area contributed by atoms with E-state index >= 15 is 0 Å². The van der Waals surface area contributed by atoms with Crippen molar-refractivity contribution in [2.75, 3.05) is 5.32 Å². The fourth-order valence-electron chi connectivity index (χ4n) is 3.62. The summed E-state index contributed by atoms with van der Waals surface area (Å²) >= 11 is 0. The molecule has 2 aromatic rings. The predicted molar refractivity (Wildman–Crippen MR) is 88.6 cm³/mol. The molecule has 2 aromatic heterocycles. The second kappa shape index (κ2) is 6.35. The first-order valence-corrected chi connectivity index (χ1v) is 8.74. The van der Waals surface area contributed by atoms with Crippen LogP contribution in [0.15, 0.2) is 12.4 Å². The Bertz CT molecular complexity index is 727. The highest BCUT2D eigenvalue weighted by molar-refractivity contribution is 6.02. The Labute approximate surface area is 140 Å². The van der Waals surface area contributed by atoms with Crippen LogP contribution in [0.4, 0.5) is 5.82 Å². The topological polar surface area (TPSA) is 104 Å². The van der Waals surface area contributed by atoms with Crippen molar-refractivity contribution in [1.82, 2.24) is 24.5 Å². The van der Waals surface area contributed by atoms with Crippen molar-refractivity contribution in [2.45, 2.75) is 63.6 Å². The van der Waals surface area contributed by atoms with E-state index in [0.29, 0.717) is 17.8 Å². The van der Waals surface area contributed by atoms with Crippen LogP contribution in [0.25, 0.3) is 0 Å². The minimum atomic E-state index is -0.234. The van der Waals surface area contributed by atoms with E-state index in [1.165, 1.54) is 0 Å². The first-order valence-electron chi connectivity index (χ1n) is 8.74. The van der Waals surface area contributed by atoms with Gasteiger partial charge in [-0.15, -0.1) is 5.10 Å². The van der Waals surface area contributed by atoms with E-state index in [-0.39, 0.29) is 5.91 Å². The molecule has 0 saturated heterocycles. The largest absolute Gasteiger partial charge is 0.328 e. The van der Waals surface area contributed by atoms with Crippen LogP contribution in [0.3, 0.4) is 0 Å². The van der Waals surface area contributed by atoms with E-state index in [1.807, 2.05) is 4.68 Å². The minimum absolute atomic E-state index is 0.234. The Morgan fingerprint density at radius 2 is 2.08 bits per heavy atom. The SMILES string of the molecule is NC1CCC(n2cc(C(=O)Nc3cnc4n3CCCC4)nn2)CC1. The first kappa shape index (κ1) is 15.3. The van der Waals surface area contributed by atoms with Gasteiger partial charge in [-0.3, -0.25) is 4.79 Å². The maximum atomic E-state index is 12.5. The van der Waals surface area contributed by atoms with Crippen molar-refractivity contribution in [3.8, 4) is 0 Å². The number of fused-ring (bicyclic) bond motifs is 1. The zero-order valence-corrected chi connectivity index (χ0v) is 13.7. The third-order valence-electron chi connectivity index (χ3n) is 5.07. The summed E-state index contributed by atoms with van der Waals surface area (Å²) in [5.74, 6) is 1.55. The summed E-state index contributed by atoms with van der Waals surface area (Å²) < 4.78 is 3.89. The second-order valence-corrected chi connectivity index (χ2v) is 6.77. The molecule has 2 aliphatic rings. The van der Waals surface area contributed by atoms with Crippen molar-refractivity contribution in [3.05, 3.63) is 23.9 Å². The van der Waals surface area contributed by atoms with Crippen LogP contribution in [0, 0.1) is 0 Å². The van der Waals surface area contributed by atoms with Gasteiger partial charge in [-0.1, -0.05) is 5.21 Å². The number of carbonyl (C=O) groups is 1. The molecule has 3 N–H and O–H groups in total. The van der Waals surface area contributed by atoms with E-state index in [4.69, 9.17) is 5.73 Å². The number of rotatable bonds is 3. The number of aromatic nitrogens is 5. The maximum absolute atomic E-state index is 12.5. The normalized spacial score (nSPS) is 23.7. The van der Waals surface area contributed by atoms with E-state index < -0.39 is 0 Å². The number of hydrogen-bond donors (Lipinski definition) is 2. The van der Waals surface area contributed by atoms with Gasteiger partial charge in [0.15, 0.2) is 5.69 Å². The van der Waals surface area contributed by atoms with Gasteiger partial charge in [0, 0.05) is 19.0 Å². The van der Waals surface area contributed by atoms with Crippen LogP contribution in [-0.4, -0.2) is 36.5 Å². The average molecular weight is 329 g/mol. The van der Waals surface area contributed by atoms with Gasteiger partial charge in [0.1, 0.15) is 11.6 Å². The molecule has 0 radical (unpaired) electrons. The number of carbonyl (C=O) groups excluding carboxylic acids is 1. The molecular weight excluding hydrogens is 306 g/mol. The van der Waals surface area contributed by atoms with Gasteiger partial charge in [0.25, 0.3) is 5.91 Å². The highest BCUT2D eigenvalue weighted by atomic mass is 16.2. The lowest BCUT2D eigenvalue weighted by molar-refractivity contribution is 0.102. The van der Waals surface area contributed by atoms with Gasteiger partial charge in [-0.2, -0.15) is 0 Å². The standard InChI is InChI=1S/C16H23N7O/c17-11-4-6-12(7-5-11)23-10-13(20-21-23)16(24)19-15-9-18-14-3-1-2-8-22(14)15/h9-12H,1-8,17H2,(H,19,24). The minimum Gasteiger partial charge on any atom is -0.328 e. The van der Waals surface area contributed by atoms with Gasteiger partial charge in [-0.25, -0.2) is 9.67 Å². The highest BCUT2D eigenvalue weighted by Crippen LogP contribution is 2.27. The molecule has 1 saturated carbocycles. The number of hydrogen-bond acceptors (Lipinski definition) is 5. The van der Waals surface area contributed by atoms with Crippen LogP contribution >= 0.6 is 0 Å². The van der Waals surface area contributed by atoms with Crippen molar-refractivity contribution in [3.63, 3.8) is 0 Å². The third-order valence-corrected chi connectivity index (χ3v) is 5.07. The van der Waals surface area contributed by atoms with Gasteiger partial charge in [0.2, 0.25) is 0 Å². The zero-order chi connectivity index (χ0) is 16.5. The highest BCUT2D eigenvalue weighted by Gasteiger charge is 2.23. The van der Waals surface area contributed by atoms with Crippen molar-refractivity contribution >= 4 is 11.7 Å². The fourth-order valence-corrected chi connectivity index (χ4v) is 3.62. The van der Waals surface area contributed by atoms with Crippen molar-refractivity contribution in [2.24, 2.45) is 5.73 Å². The number of anilines is 1. The molecular formula is C16H23N7O. The molecule has 4 rings (SSSR count). The van der Waals surface area contributed by atoms with Gasteiger partial charge >= 0.3 is 0 Å². The van der Waals surface area contributed by atoms with Crippen LogP contribution in [0.5, 0.6) is 0 Å². The Hall–Kier alpha value is -2.22. The average Bonchev–Trinajstić information content (AvgIpc) is 3.23. The molecule has 0 aromatic carbocycles. The summed E-state index contributed by atoms with van der Waals surface area (Å²) in [5.41, 5.74) is 6.29. The summed E-state index contributed by atoms with van der Waals surface area (Å²) in [4.78, 5) is 16.8. The molecule has 128 valence electrons. The molecule has 0 bridgehead atoms. The Balaban J connectivity index is 1.44. The fraction of sp³-hybridized carbons (Fsp3) is 0.625. The Kier molecular flexibility index (Phi) is 4.05. The van der Waals surface area contributed by atoms with Crippen molar-refractivity contribution in [1.29, 1.82) is 0 Å². The summed E-state index contributed by atoms with van der Waals surface area (Å²) in [7, 11) is 0. The number of nitrogens with two attached hydrogens (primary N) is 1. The summed E-state index contributed by atoms with van der Waals surface area (Å²) in [6.07, 6.45) is 10.7. The lowest BCUT2D eigenvalue weighted by atomic mass is 9.92. The summed E-state index contributed by atoms with van der Waals surface area (Å²) in [6.45, 7) is 0.903. The van der Waals surface area contributed by atoms with E-state index in [2.05, 4.69) is 25.2 Å². The quantitative estimate of drug-likeness (QED) is 0.888. The summed E-state index contributed by atoms with van der Waals surface area (Å²) in [6, 6.07) is 0.585. The number of amides is 1. The van der Waals surface area contributed by atoms with Crippen LogP contribution in [0.2, 0.25) is 0 Å². The smallest absolute Gasteiger partial charge is 0.278 e. The molecule has 1 aliphatic carbocycles. The second-order valence-electron chi connectivity index (χ2n) is 6.77. The number of nitrogens with one attached hydrogen (secondary N) is 1. The van der Waals surface area contributed by atoms with E-state index in [9.17, 15) is 4.79 Å². The molecule has 1 fully saturated rings. The Morgan fingerprint density at radius 3 is 2.92 bits per heavy atom. The molecule has 0 atom stereocenters. The van der Waals surface area contributed by atoms with E-state index in [1.54, 1.807) is 12.4 Å². The third kappa shape index (κ3) is 2.93. The van der Waals surface area contributed by atoms with Crippen LogP contribution < -0.4 is 11.1 Å². The number of aryl methyl sites for hydroxylation is 1. The number of imidazole rings is 1. The molecule has 24 heavy (non-hydrogen) atoms. The number of nitrogens with zero attached hydrogens (tertiary/aromatic N) is 5. The Morgan fingerprint density at radius 1 is 1.25 bits per heavy atom. The molecule has 8 nitrogen and oxygen atoms in total. The first-order chi connectivity index (χ1) is 11.7. The van der Waals surface area contributed by atoms with Crippen molar-refractivity contribution < 1.29 is 4.79 Å². The summed E-state index contributed by atoms with van der Waals surface area (Å²) in [5, 5.41) is 11.1. The molecule has 1 amide bonds.